The smallest absolute Gasteiger partial charge is 0.152 e. The van der Waals surface area contributed by atoms with Crippen LogP contribution in [-0.2, 0) is 33.4 Å². The van der Waals surface area contributed by atoms with Gasteiger partial charge in [0.05, 0.1) is 55.7 Å². The summed E-state index contributed by atoms with van der Waals surface area (Å²) >= 11 is 0. The van der Waals surface area contributed by atoms with Crippen LogP contribution in [0.1, 0.15) is 11.1 Å². The first-order valence-corrected chi connectivity index (χ1v) is 17.2. The van der Waals surface area contributed by atoms with Crippen LogP contribution in [0.25, 0.3) is 39.0 Å². The fourth-order valence-corrected chi connectivity index (χ4v) is 6.86. The zero-order chi connectivity index (χ0) is 32.5. The Hall–Kier alpha value is -4.78. The third kappa shape index (κ3) is 6.99. The number of rotatable bonds is 9. The van der Waals surface area contributed by atoms with E-state index in [-0.39, 0.29) is 17.5 Å². The molecule has 1 aliphatic rings. The minimum absolute atomic E-state index is 0.0678. The maximum absolute atomic E-state index is 14.7. The monoisotopic (exact) mass is 654 g/mol. The van der Waals surface area contributed by atoms with Gasteiger partial charge in [-0.15, -0.1) is 0 Å². The summed E-state index contributed by atoms with van der Waals surface area (Å²) in [5.41, 5.74) is 5.99. The van der Waals surface area contributed by atoms with Crippen molar-refractivity contribution in [1.82, 2.24) is 29.3 Å². The molecule has 9 nitrogen and oxygen atoms in total. The number of hydrogen-bond acceptors (Lipinski definition) is 7. The molecular weight excluding hydrogens is 622 g/mol. The van der Waals surface area contributed by atoms with Crippen molar-refractivity contribution < 1.29 is 21.9 Å². The number of pyridine rings is 2. The molecule has 1 fully saturated rings. The van der Waals surface area contributed by atoms with Crippen LogP contribution in [0, 0.1) is 11.6 Å². The van der Waals surface area contributed by atoms with Crippen LogP contribution in [0.4, 0.5) is 8.78 Å². The van der Waals surface area contributed by atoms with Crippen molar-refractivity contribution in [1.29, 1.82) is 0 Å². The molecule has 0 spiro atoms. The minimum Gasteiger partial charge on any atom is -0.378 e. The van der Waals surface area contributed by atoms with Gasteiger partial charge in [-0.2, -0.15) is 10.2 Å². The number of fused-ring (bicyclic) bond motifs is 1. The molecule has 0 radical (unpaired) electrons. The van der Waals surface area contributed by atoms with Crippen molar-refractivity contribution in [2.45, 2.75) is 24.9 Å². The lowest BCUT2D eigenvalue weighted by molar-refractivity contribution is -0.0187. The van der Waals surface area contributed by atoms with Crippen LogP contribution >= 0.6 is 0 Å². The molecule has 240 valence electrons. The van der Waals surface area contributed by atoms with Crippen molar-refractivity contribution in [3.8, 4) is 33.5 Å². The van der Waals surface area contributed by atoms with E-state index in [2.05, 4.69) is 44.3 Å². The lowest BCUT2D eigenvalue weighted by atomic mass is 9.99. The van der Waals surface area contributed by atoms with Crippen molar-refractivity contribution in [3.05, 3.63) is 120 Å². The second-order valence-electron chi connectivity index (χ2n) is 11.9. The van der Waals surface area contributed by atoms with E-state index in [0.717, 1.165) is 53.8 Å². The molecule has 1 atom stereocenters. The first-order chi connectivity index (χ1) is 22.7. The molecule has 0 amide bonds. The Morgan fingerprint density at radius 2 is 1.70 bits per heavy atom. The van der Waals surface area contributed by atoms with Gasteiger partial charge >= 0.3 is 0 Å². The quantitative estimate of drug-likeness (QED) is 0.199. The predicted octanol–water partition coefficient (Wildman–Crippen LogP) is 5.65. The summed E-state index contributed by atoms with van der Waals surface area (Å²) in [6, 6.07) is 20.3. The van der Waals surface area contributed by atoms with Crippen LogP contribution in [0.5, 0.6) is 0 Å². The molecule has 47 heavy (non-hydrogen) atoms. The summed E-state index contributed by atoms with van der Waals surface area (Å²) in [5, 5.41) is 9.22. The van der Waals surface area contributed by atoms with E-state index < -0.39 is 21.5 Å². The Kier molecular flexibility index (Phi) is 8.39. The number of morpholine rings is 1. The molecule has 4 aromatic heterocycles. The van der Waals surface area contributed by atoms with Gasteiger partial charge < -0.3 is 4.74 Å². The Labute approximate surface area is 271 Å². The number of ether oxygens (including phenoxy) is 1. The van der Waals surface area contributed by atoms with Gasteiger partial charge in [0.25, 0.3) is 0 Å². The number of benzene rings is 2. The van der Waals surface area contributed by atoms with Gasteiger partial charge in [-0.1, -0.05) is 36.4 Å². The van der Waals surface area contributed by atoms with Gasteiger partial charge in [-0.3, -0.25) is 14.6 Å². The largest absolute Gasteiger partial charge is 0.378 e. The molecule has 6 aromatic rings. The molecule has 0 bridgehead atoms. The van der Waals surface area contributed by atoms with Gasteiger partial charge in [0.15, 0.2) is 15.7 Å². The average Bonchev–Trinajstić information content (AvgIpc) is 3.69. The molecule has 12 heteroatoms. The van der Waals surface area contributed by atoms with Crippen LogP contribution in [-0.4, -0.2) is 69.8 Å². The fraction of sp³-hybridized carbons (Fsp3) is 0.229. The van der Waals surface area contributed by atoms with Gasteiger partial charge in [0, 0.05) is 60.1 Å². The highest BCUT2D eigenvalue weighted by Gasteiger charge is 2.24. The SMILES string of the molecule is CS(=O)(=O)Cc1cc(-c2ncc(F)cc2F)cc(-c2cnn3cc(-c4cnn(CC5COCCN5Cc5ccccc5)c4)ccc23)c1. The average molecular weight is 655 g/mol. The minimum atomic E-state index is -3.39. The molecule has 0 N–H and O–H groups in total. The first kappa shape index (κ1) is 30.9. The highest BCUT2D eigenvalue weighted by molar-refractivity contribution is 7.89. The Balaban J connectivity index is 1.16. The number of aromatic nitrogens is 5. The molecule has 0 aliphatic carbocycles. The second kappa shape index (κ2) is 12.8. The Morgan fingerprint density at radius 1 is 0.872 bits per heavy atom. The molecule has 1 unspecified atom stereocenters. The highest BCUT2D eigenvalue weighted by atomic mass is 32.2. The van der Waals surface area contributed by atoms with Gasteiger partial charge in [0.2, 0.25) is 0 Å². The maximum atomic E-state index is 14.7. The van der Waals surface area contributed by atoms with E-state index in [4.69, 9.17) is 4.74 Å². The topological polar surface area (TPSA) is 94.6 Å². The zero-order valence-corrected chi connectivity index (χ0v) is 26.4. The van der Waals surface area contributed by atoms with Gasteiger partial charge in [-0.25, -0.2) is 21.7 Å². The lowest BCUT2D eigenvalue weighted by Crippen LogP contribution is -2.47. The molecule has 7 rings (SSSR count). The molecular formula is C35H32F2N6O3S. The summed E-state index contributed by atoms with van der Waals surface area (Å²) in [4.78, 5) is 6.38. The van der Waals surface area contributed by atoms with E-state index in [1.54, 1.807) is 28.9 Å². The molecule has 1 aliphatic heterocycles. The molecule has 2 aromatic carbocycles. The van der Waals surface area contributed by atoms with E-state index >= 15 is 0 Å². The van der Waals surface area contributed by atoms with Crippen LogP contribution < -0.4 is 0 Å². The van der Waals surface area contributed by atoms with Gasteiger partial charge in [-0.05, 0) is 41.0 Å². The van der Waals surface area contributed by atoms with E-state index in [1.165, 1.54) is 5.56 Å². The first-order valence-electron chi connectivity index (χ1n) is 15.2. The van der Waals surface area contributed by atoms with Crippen LogP contribution in [0.15, 0.2) is 97.7 Å². The second-order valence-corrected chi connectivity index (χ2v) is 14.1. The summed E-state index contributed by atoms with van der Waals surface area (Å²) < 4.78 is 62.2. The summed E-state index contributed by atoms with van der Waals surface area (Å²) in [6.45, 7) is 3.76. The third-order valence-electron chi connectivity index (χ3n) is 8.27. The van der Waals surface area contributed by atoms with Crippen molar-refractivity contribution >= 4 is 15.4 Å². The zero-order valence-electron chi connectivity index (χ0n) is 25.6. The number of hydrogen-bond donors (Lipinski definition) is 0. The van der Waals surface area contributed by atoms with E-state index in [9.17, 15) is 17.2 Å². The van der Waals surface area contributed by atoms with Crippen LogP contribution in [0.2, 0.25) is 0 Å². The molecule has 1 saturated heterocycles. The summed E-state index contributed by atoms with van der Waals surface area (Å²) in [7, 11) is -3.39. The van der Waals surface area contributed by atoms with Crippen molar-refractivity contribution in [3.63, 3.8) is 0 Å². The number of sulfone groups is 1. The summed E-state index contributed by atoms with van der Waals surface area (Å²) in [5.74, 6) is -1.88. The fourth-order valence-electron chi connectivity index (χ4n) is 6.09. The number of nitrogens with zero attached hydrogens (tertiary/aromatic N) is 6. The van der Waals surface area contributed by atoms with Crippen molar-refractivity contribution in [2.75, 3.05) is 26.0 Å². The number of halogens is 2. The predicted molar refractivity (Wildman–Crippen MR) is 175 cm³/mol. The van der Waals surface area contributed by atoms with E-state index in [0.29, 0.717) is 36.4 Å². The van der Waals surface area contributed by atoms with Crippen LogP contribution in [0.3, 0.4) is 0 Å². The Bertz CT molecular complexity index is 2170. The lowest BCUT2D eigenvalue weighted by Gasteiger charge is -2.35. The van der Waals surface area contributed by atoms with Crippen molar-refractivity contribution in [2.24, 2.45) is 0 Å². The maximum Gasteiger partial charge on any atom is 0.152 e. The highest BCUT2D eigenvalue weighted by Crippen LogP contribution is 2.33. The third-order valence-corrected chi connectivity index (χ3v) is 9.13. The van der Waals surface area contributed by atoms with Gasteiger partial charge in [0.1, 0.15) is 11.5 Å². The Morgan fingerprint density at radius 3 is 2.51 bits per heavy atom. The summed E-state index contributed by atoms with van der Waals surface area (Å²) in [6.07, 6.45) is 9.52. The molecule has 5 heterocycles. The standard InChI is InChI=1S/C35H32F2N6O3S/c1-47(44,45)23-25-11-27(13-28(12-25)35-33(37)14-30(36)16-38-35)32-17-40-43-20-26(7-8-34(32)43)29-15-39-42(19-29)21-31-22-46-10-9-41(31)18-24-5-3-2-4-6-24/h2-8,11-17,19-20,31H,9-10,18,21-23H2,1H3. The molecule has 0 saturated carbocycles. The normalized spacial score (nSPS) is 15.8. The van der Waals surface area contributed by atoms with E-state index in [1.807, 2.05) is 41.5 Å².